The molecule has 2 heterocycles. The third-order valence-electron chi connectivity index (χ3n) is 3.94. The summed E-state index contributed by atoms with van der Waals surface area (Å²) >= 11 is 0. The first-order chi connectivity index (χ1) is 8.33. The number of anilines is 1. The van der Waals surface area contributed by atoms with Crippen molar-refractivity contribution in [1.29, 1.82) is 0 Å². The van der Waals surface area contributed by atoms with Gasteiger partial charge in [0, 0.05) is 38.4 Å². The van der Waals surface area contributed by atoms with E-state index in [4.69, 9.17) is 0 Å². The molecular weight excluding hydrogens is 210 g/mol. The van der Waals surface area contributed by atoms with Gasteiger partial charge >= 0.3 is 0 Å². The van der Waals surface area contributed by atoms with Crippen LogP contribution in [-0.2, 0) is 13.0 Å². The van der Waals surface area contributed by atoms with Gasteiger partial charge in [-0.05, 0) is 43.3 Å². The number of benzene rings is 1. The summed E-state index contributed by atoms with van der Waals surface area (Å²) < 4.78 is 0. The topological polar surface area (TPSA) is 18.5 Å². The Balaban J connectivity index is 1.79. The van der Waals surface area contributed by atoms with Gasteiger partial charge in [-0.1, -0.05) is 6.07 Å². The maximum Gasteiger partial charge on any atom is 0.0370 e. The van der Waals surface area contributed by atoms with Gasteiger partial charge in [0.25, 0.3) is 0 Å². The van der Waals surface area contributed by atoms with Crippen LogP contribution >= 0.6 is 0 Å². The average Bonchev–Trinajstić information content (AvgIpc) is 2.39. The first-order valence-electron chi connectivity index (χ1n) is 6.59. The molecule has 3 heteroatoms. The van der Waals surface area contributed by atoms with Crippen LogP contribution in [-0.4, -0.2) is 44.7 Å². The molecule has 1 fully saturated rings. The zero-order valence-electron chi connectivity index (χ0n) is 10.6. The summed E-state index contributed by atoms with van der Waals surface area (Å²) in [5, 5.41) is 3.43. The number of piperazine rings is 1. The van der Waals surface area contributed by atoms with E-state index in [1.807, 2.05) is 0 Å². The van der Waals surface area contributed by atoms with Gasteiger partial charge < -0.3 is 15.1 Å². The zero-order valence-corrected chi connectivity index (χ0v) is 10.6. The second-order valence-corrected chi connectivity index (χ2v) is 5.17. The highest BCUT2D eigenvalue weighted by Gasteiger charge is 2.16. The molecule has 1 aromatic rings. The van der Waals surface area contributed by atoms with Gasteiger partial charge in [0.15, 0.2) is 0 Å². The Morgan fingerprint density at radius 3 is 2.71 bits per heavy atom. The van der Waals surface area contributed by atoms with Crippen molar-refractivity contribution in [1.82, 2.24) is 10.2 Å². The van der Waals surface area contributed by atoms with E-state index in [-0.39, 0.29) is 0 Å². The lowest BCUT2D eigenvalue weighted by Crippen LogP contribution is -2.44. The normalized spacial score (nSPS) is 21.4. The molecule has 92 valence electrons. The first-order valence-corrected chi connectivity index (χ1v) is 6.59. The maximum absolute atomic E-state index is 3.43. The van der Waals surface area contributed by atoms with Crippen molar-refractivity contribution in [2.75, 3.05) is 44.7 Å². The fourth-order valence-electron chi connectivity index (χ4n) is 2.72. The van der Waals surface area contributed by atoms with Gasteiger partial charge in [0.2, 0.25) is 0 Å². The summed E-state index contributed by atoms with van der Waals surface area (Å²) in [4.78, 5) is 4.92. The minimum Gasteiger partial charge on any atom is -0.369 e. The average molecular weight is 231 g/mol. The number of rotatable bonds is 1. The van der Waals surface area contributed by atoms with E-state index in [0.29, 0.717) is 0 Å². The molecule has 3 rings (SSSR count). The largest absolute Gasteiger partial charge is 0.369 e. The molecule has 2 aliphatic heterocycles. The smallest absolute Gasteiger partial charge is 0.0370 e. The van der Waals surface area contributed by atoms with Crippen LogP contribution in [0.5, 0.6) is 0 Å². The van der Waals surface area contributed by atoms with Crippen LogP contribution in [0.15, 0.2) is 18.2 Å². The van der Waals surface area contributed by atoms with Crippen molar-refractivity contribution >= 4 is 5.69 Å². The predicted octanol–water partition coefficient (Wildman–Crippen LogP) is 1.08. The van der Waals surface area contributed by atoms with Crippen LogP contribution in [0.4, 0.5) is 5.69 Å². The van der Waals surface area contributed by atoms with Crippen molar-refractivity contribution < 1.29 is 0 Å². The van der Waals surface area contributed by atoms with Crippen LogP contribution < -0.4 is 10.2 Å². The zero-order chi connectivity index (χ0) is 11.7. The quantitative estimate of drug-likeness (QED) is 0.780. The first kappa shape index (κ1) is 11.1. The molecular formula is C14H21N3. The molecule has 1 aromatic carbocycles. The molecule has 3 nitrogen and oxygen atoms in total. The highest BCUT2D eigenvalue weighted by molar-refractivity contribution is 5.52. The summed E-state index contributed by atoms with van der Waals surface area (Å²) in [7, 11) is 2.20. The number of nitrogens with zero attached hydrogens (tertiary/aromatic N) is 2. The minimum absolute atomic E-state index is 1.04. The van der Waals surface area contributed by atoms with Crippen molar-refractivity contribution in [2.45, 2.75) is 13.0 Å². The van der Waals surface area contributed by atoms with Crippen molar-refractivity contribution in [2.24, 2.45) is 0 Å². The molecule has 2 aliphatic rings. The molecule has 0 radical (unpaired) electrons. The van der Waals surface area contributed by atoms with Crippen LogP contribution in [0.3, 0.4) is 0 Å². The van der Waals surface area contributed by atoms with Crippen molar-refractivity contribution in [3.8, 4) is 0 Å². The second-order valence-electron chi connectivity index (χ2n) is 5.17. The van der Waals surface area contributed by atoms with Crippen LogP contribution in [0.1, 0.15) is 11.1 Å². The van der Waals surface area contributed by atoms with Gasteiger partial charge in [-0.15, -0.1) is 0 Å². The third-order valence-corrected chi connectivity index (χ3v) is 3.94. The molecule has 0 saturated carbocycles. The number of nitrogens with one attached hydrogen (secondary N) is 1. The van der Waals surface area contributed by atoms with Crippen molar-refractivity contribution in [3.63, 3.8) is 0 Å². The van der Waals surface area contributed by atoms with Gasteiger partial charge in [0.05, 0.1) is 0 Å². The fourth-order valence-corrected chi connectivity index (χ4v) is 2.72. The summed E-state index contributed by atoms with van der Waals surface area (Å²) in [6.45, 7) is 6.84. The van der Waals surface area contributed by atoms with Gasteiger partial charge in [-0.2, -0.15) is 0 Å². The Kier molecular flexibility index (Phi) is 3.04. The summed E-state index contributed by atoms with van der Waals surface area (Å²) in [5.74, 6) is 0. The summed E-state index contributed by atoms with van der Waals surface area (Å²) in [6.07, 6.45) is 1.18. The molecule has 0 atom stereocenters. The second kappa shape index (κ2) is 4.67. The van der Waals surface area contributed by atoms with Gasteiger partial charge in [0.1, 0.15) is 0 Å². The molecule has 0 aromatic heterocycles. The fraction of sp³-hybridized carbons (Fsp3) is 0.571. The Morgan fingerprint density at radius 1 is 1.06 bits per heavy atom. The molecule has 1 saturated heterocycles. The number of hydrogen-bond donors (Lipinski definition) is 1. The summed E-state index contributed by atoms with van der Waals surface area (Å²) in [6, 6.07) is 6.99. The van der Waals surface area contributed by atoms with E-state index < -0.39 is 0 Å². The highest BCUT2D eigenvalue weighted by atomic mass is 15.2. The number of hydrogen-bond acceptors (Lipinski definition) is 3. The lowest BCUT2D eigenvalue weighted by molar-refractivity contribution is 0.313. The van der Waals surface area contributed by atoms with Crippen molar-refractivity contribution in [3.05, 3.63) is 29.3 Å². The predicted molar refractivity (Wildman–Crippen MR) is 71.6 cm³/mol. The molecule has 0 aliphatic carbocycles. The maximum atomic E-state index is 3.43. The van der Waals surface area contributed by atoms with E-state index in [0.717, 1.165) is 26.2 Å². The number of likely N-dealkylation sites (N-methyl/N-ethyl adjacent to an activating group) is 1. The van der Waals surface area contributed by atoms with E-state index in [9.17, 15) is 0 Å². The van der Waals surface area contributed by atoms with E-state index >= 15 is 0 Å². The lowest BCUT2D eigenvalue weighted by atomic mass is 10.00. The lowest BCUT2D eigenvalue weighted by Gasteiger charge is -2.34. The Morgan fingerprint density at radius 2 is 1.88 bits per heavy atom. The standard InChI is InChI=1S/C14H21N3/c1-16-6-8-17(9-7-16)14-3-2-13-11-15-5-4-12(13)10-14/h2-3,10,15H,4-9,11H2,1H3. The molecule has 1 N–H and O–H groups in total. The third kappa shape index (κ3) is 2.31. The molecule has 0 amide bonds. The van der Waals surface area contributed by atoms with Crippen LogP contribution in [0.25, 0.3) is 0 Å². The van der Waals surface area contributed by atoms with E-state index in [2.05, 4.69) is 40.4 Å². The summed E-state index contributed by atoms with van der Waals surface area (Å²) in [5.41, 5.74) is 4.44. The molecule has 17 heavy (non-hydrogen) atoms. The molecule has 0 spiro atoms. The monoisotopic (exact) mass is 231 g/mol. The minimum atomic E-state index is 1.04. The Labute approximate surface area is 103 Å². The Hall–Kier alpha value is -1.06. The van der Waals surface area contributed by atoms with E-state index in [1.165, 1.54) is 30.8 Å². The molecule has 0 unspecified atom stereocenters. The number of fused-ring (bicyclic) bond motifs is 1. The van der Waals surface area contributed by atoms with Crippen LogP contribution in [0.2, 0.25) is 0 Å². The van der Waals surface area contributed by atoms with Crippen LogP contribution in [0, 0.1) is 0 Å². The van der Waals surface area contributed by atoms with Gasteiger partial charge in [-0.3, -0.25) is 0 Å². The Bertz CT molecular complexity index is 394. The van der Waals surface area contributed by atoms with E-state index in [1.54, 1.807) is 5.56 Å². The molecule has 0 bridgehead atoms. The SMILES string of the molecule is CN1CCN(c2ccc3c(c2)CCNC3)CC1. The highest BCUT2D eigenvalue weighted by Crippen LogP contribution is 2.22. The van der Waals surface area contributed by atoms with Gasteiger partial charge in [-0.25, -0.2) is 0 Å².